The predicted octanol–water partition coefficient (Wildman–Crippen LogP) is 18.2. The fourth-order valence-electron chi connectivity index (χ4n) is 8.64. The largest absolute Gasteiger partial charge is 0.472 e. The van der Waals surface area contributed by atoms with Gasteiger partial charge in [-0.25, -0.2) is 4.57 Å². The van der Waals surface area contributed by atoms with Gasteiger partial charge in [-0.05, 0) is 44.9 Å². The third-order valence-electron chi connectivity index (χ3n) is 13.2. The monoisotopic (exact) mass is 997 g/mol. The normalized spacial score (nSPS) is 13.4. The van der Waals surface area contributed by atoms with Crippen molar-refractivity contribution in [1.29, 1.82) is 0 Å². The summed E-state index contributed by atoms with van der Waals surface area (Å²) < 4.78 is 34.6. The second-order valence-corrected chi connectivity index (χ2v) is 22.8. The number of carbonyl (C=O) groups is 2. The van der Waals surface area contributed by atoms with Gasteiger partial charge in [0.15, 0.2) is 6.10 Å². The van der Waals surface area contributed by atoms with Gasteiger partial charge < -0.3 is 18.9 Å². The van der Waals surface area contributed by atoms with Crippen LogP contribution >= 0.6 is 7.82 Å². The van der Waals surface area contributed by atoms with E-state index in [4.69, 9.17) is 18.5 Å². The van der Waals surface area contributed by atoms with E-state index < -0.39 is 26.5 Å². The molecule has 0 fully saturated rings. The molecule has 0 saturated heterocycles. The van der Waals surface area contributed by atoms with Crippen LogP contribution in [0.2, 0.25) is 0 Å². The lowest BCUT2D eigenvalue weighted by atomic mass is 10.0. The first-order valence-electron chi connectivity index (χ1n) is 29.6. The van der Waals surface area contributed by atoms with Crippen molar-refractivity contribution in [2.24, 2.45) is 0 Å². The van der Waals surface area contributed by atoms with E-state index in [0.29, 0.717) is 23.9 Å². The number of quaternary nitrogens is 1. The lowest BCUT2D eigenvalue weighted by Crippen LogP contribution is -2.37. The third-order valence-corrected chi connectivity index (χ3v) is 14.2. The molecule has 0 aliphatic heterocycles. The van der Waals surface area contributed by atoms with Crippen LogP contribution in [0, 0.1) is 0 Å². The highest BCUT2D eigenvalue weighted by Crippen LogP contribution is 2.43. The van der Waals surface area contributed by atoms with Crippen LogP contribution in [-0.2, 0) is 32.7 Å². The molecule has 0 rings (SSSR count). The molecule has 1 N–H and O–H groups in total. The predicted molar refractivity (Wildman–Crippen MR) is 294 cm³/mol. The van der Waals surface area contributed by atoms with Crippen molar-refractivity contribution in [3.05, 3.63) is 24.3 Å². The van der Waals surface area contributed by atoms with Crippen LogP contribution < -0.4 is 0 Å². The standard InChI is InChI=1S/C59H114NO8P/c1-6-8-10-12-14-16-18-20-22-24-25-26-27-28-29-30-31-32-33-34-35-36-38-40-42-44-46-48-50-52-59(62)68-57(56-67-69(63,64)66-54-53-60(3,4)5)55-65-58(61)51-49-47-45-43-41-39-37-23-21-19-17-15-13-11-9-7-2/h18,20,24-25,57H,6-17,19,21-23,26-56H2,1-5H3/p+1/b20-18-,25-24-. The first-order chi connectivity index (χ1) is 33.5. The number of hydrogen-bond acceptors (Lipinski definition) is 7. The van der Waals surface area contributed by atoms with E-state index in [1.54, 1.807) is 0 Å². The van der Waals surface area contributed by atoms with Gasteiger partial charge in [0.1, 0.15) is 19.8 Å². The first kappa shape index (κ1) is 67.5. The summed E-state index contributed by atoms with van der Waals surface area (Å²) in [4.78, 5) is 35.7. The van der Waals surface area contributed by atoms with Crippen LogP contribution in [0.1, 0.15) is 290 Å². The average molecular weight is 998 g/mol. The minimum Gasteiger partial charge on any atom is -0.462 e. The van der Waals surface area contributed by atoms with Crippen molar-refractivity contribution in [3.8, 4) is 0 Å². The van der Waals surface area contributed by atoms with Crippen molar-refractivity contribution >= 4 is 19.8 Å². The SMILES string of the molecule is CCCCCCC/C=C\C/C=C\CCCCCCCCCCCCCCCCCCCC(=O)OC(COC(=O)CCCCCCCCCCCCCCCCCC)COP(=O)(O)OCC[N+](C)(C)C. The first-order valence-corrected chi connectivity index (χ1v) is 31.1. The minimum atomic E-state index is -4.38. The van der Waals surface area contributed by atoms with Gasteiger partial charge in [0.2, 0.25) is 0 Å². The Bertz CT molecular complexity index is 1220. The summed E-state index contributed by atoms with van der Waals surface area (Å²) in [6.07, 6.45) is 61.1. The maximum absolute atomic E-state index is 12.8. The summed E-state index contributed by atoms with van der Waals surface area (Å²) >= 11 is 0. The van der Waals surface area contributed by atoms with E-state index in [1.807, 2.05) is 21.1 Å². The van der Waals surface area contributed by atoms with E-state index in [2.05, 4.69) is 38.2 Å². The number of rotatable bonds is 55. The Balaban J connectivity index is 4.06. The van der Waals surface area contributed by atoms with Crippen molar-refractivity contribution in [1.82, 2.24) is 0 Å². The maximum Gasteiger partial charge on any atom is 0.472 e. The second kappa shape index (κ2) is 51.4. The number of esters is 2. The molecule has 0 aromatic rings. The fourth-order valence-corrected chi connectivity index (χ4v) is 9.38. The lowest BCUT2D eigenvalue weighted by molar-refractivity contribution is -0.870. The summed E-state index contributed by atoms with van der Waals surface area (Å²) in [6.45, 7) is 4.47. The molecule has 0 amide bonds. The Morgan fingerprint density at radius 2 is 0.783 bits per heavy atom. The third kappa shape index (κ3) is 55.7. The number of likely N-dealkylation sites (N-methyl/N-ethyl adjacent to an activating group) is 1. The van der Waals surface area contributed by atoms with Gasteiger partial charge in [0.25, 0.3) is 0 Å². The summed E-state index contributed by atoms with van der Waals surface area (Å²) in [5.41, 5.74) is 0. The molecule has 0 aliphatic carbocycles. The molecule has 0 heterocycles. The van der Waals surface area contributed by atoms with Crippen LogP contribution in [0.4, 0.5) is 0 Å². The molecule has 69 heavy (non-hydrogen) atoms. The molecule has 0 aromatic heterocycles. The number of allylic oxidation sites excluding steroid dienone is 4. The van der Waals surface area contributed by atoms with Crippen molar-refractivity contribution in [2.45, 2.75) is 296 Å². The number of nitrogens with zero attached hydrogens (tertiary/aromatic N) is 1. The molecule has 0 aromatic carbocycles. The molecule has 0 bridgehead atoms. The number of carbonyl (C=O) groups excluding carboxylic acids is 2. The van der Waals surface area contributed by atoms with Crippen LogP contribution in [-0.4, -0.2) is 74.9 Å². The van der Waals surface area contributed by atoms with Crippen LogP contribution in [0.3, 0.4) is 0 Å². The Morgan fingerprint density at radius 3 is 1.14 bits per heavy atom. The molecule has 0 radical (unpaired) electrons. The summed E-state index contributed by atoms with van der Waals surface area (Å²) in [5.74, 6) is -0.780. The number of hydrogen-bond donors (Lipinski definition) is 1. The number of unbranched alkanes of at least 4 members (excludes halogenated alkanes) is 37. The fraction of sp³-hybridized carbons (Fsp3) is 0.898. The van der Waals surface area contributed by atoms with Gasteiger partial charge in [-0.15, -0.1) is 0 Å². The van der Waals surface area contributed by atoms with Gasteiger partial charge in [0, 0.05) is 12.8 Å². The average Bonchev–Trinajstić information content (AvgIpc) is 3.31. The minimum absolute atomic E-state index is 0.0352. The zero-order valence-electron chi connectivity index (χ0n) is 46.3. The van der Waals surface area contributed by atoms with Crippen LogP contribution in [0.25, 0.3) is 0 Å². The Hall–Kier alpha value is -1.51. The summed E-state index contributed by atoms with van der Waals surface area (Å²) in [7, 11) is 1.49. The van der Waals surface area contributed by atoms with Gasteiger partial charge in [-0.2, -0.15) is 0 Å². The number of phosphoric ester groups is 1. The highest BCUT2D eigenvalue weighted by atomic mass is 31.2. The molecular formula is C59H115NO8P+. The van der Waals surface area contributed by atoms with Crippen molar-refractivity contribution in [3.63, 3.8) is 0 Å². The van der Waals surface area contributed by atoms with E-state index in [1.165, 1.54) is 218 Å². The van der Waals surface area contributed by atoms with Gasteiger partial charge in [-0.1, -0.05) is 256 Å². The smallest absolute Gasteiger partial charge is 0.462 e. The van der Waals surface area contributed by atoms with E-state index >= 15 is 0 Å². The van der Waals surface area contributed by atoms with E-state index in [-0.39, 0.29) is 25.6 Å². The molecule has 2 unspecified atom stereocenters. The molecule has 9 nitrogen and oxygen atoms in total. The van der Waals surface area contributed by atoms with Gasteiger partial charge in [0.05, 0.1) is 27.7 Å². The van der Waals surface area contributed by atoms with Gasteiger partial charge >= 0.3 is 19.8 Å². The van der Waals surface area contributed by atoms with Crippen LogP contribution in [0.15, 0.2) is 24.3 Å². The molecule has 10 heteroatoms. The van der Waals surface area contributed by atoms with Gasteiger partial charge in [-0.3, -0.25) is 18.6 Å². The molecule has 0 aliphatic rings. The summed E-state index contributed by atoms with van der Waals surface area (Å²) in [5, 5.41) is 0. The van der Waals surface area contributed by atoms with E-state index in [9.17, 15) is 19.0 Å². The Labute approximate surface area is 428 Å². The van der Waals surface area contributed by atoms with Crippen molar-refractivity contribution in [2.75, 3.05) is 47.5 Å². The highest BCUT2D eigenvalue weighted by Gasteiger charge is 2.27. The molecule has 408 valence electrons. The zero-order chi connectivity index (χ0) is 50.6. The molecular weight excluding hydrogens is 882 g/mol. The highest BCUT2D eigenvalue weighted by molar-refractivity contribution is 7.47. The molecule has 0 spiro atoms. The Morgan fingerprint density at radius 1 is 0.449 bits per heavy atom. The molecule has 2 atom stereocenters. The number of ether oxygens (including phenoxy) is 2. The number of phosphoric acid groups is 1. The summed E-state index contributed by atoms with van der Waals surface area (Å²) in [6, 6.07) is 0. The Kier molecular flexibility index (Phi) is 50.3. The van der Waals surface area contributed by atoms with Crippen molar-refractivity contribution < 1.29 is 42.1 Å². The molecule has 0 saturated carbocycles. The zero-order valence-corrected chi connectivity index (χ0v) is 47.2. The maximum atomic E-state index is 12.8. The topological polar surface area (TPSA) is 108 Å². The van der Waals surface area contributed by atoms with E-state index in [0.717, 1.165) is 38.5 Å². The second-order valence-electron chi connectivity index (χ2n) is 21.4. The lowest BCUT2D eigenvalue weighted by Gasteiger charge is -2.24. The quantitative estimate of drug-likeness (QED) is 0.0211. The van der Waals surface area contributed by atoms with Crippen LogP contribution in [0.5, 0.6) is 0 Å².